The Labute approximate surface area is 189 Å². The molecule has 0 heterocycles. The molecule has 0 aliphatic carbocycles. The van der Waals surface area contributed by atoms with Crippen LogP contribution in [0.1, 0.15) is 115 Å². The lowest BCUT2D eigenvalue weighted by Crippen LogP contribution is -1.89. The highest BCUT2D eigenvalue weighted by atomic mass is 79.9. The summed E-state index contributed by atoms with van der Waals surface area (Å²) in [5.74, 6) is 0. The Morgan fingerprint density at radius 2 is 0.964 bits per heavy atom. The van der Waals surface area contributed by atoms with E-state index in [4.69, 9.17) is 0 Å². The molecule has 0 aliphatic heterocycles. The van der Waals surface area contributed by atoms with E-state index in [1.54, 1.807) is 0 Å². The molecular weight excluding hydrogens is 423 g/mol. The normalized spacial score (nSPS) is 11.9. The van der Waals surface area contributed by atoms with Crippen molar-refractivity contribution in [3.05, 3.63) is 35.9 Å². The van der Waals surface area contributed by atoms with Crippen LogP contribution in [0.4, 0.5) is 0 Å². The molecule has 0 aliphatic rings. The third-order valence-electron chi connectivity index (χ3n) is 5.69. The van der Waals surface area contributed by atoms with Crippen molar-refractivity contribution in [1.29, 1.82) is 0 Å². The molecule has 0 fully saturated rings. The van der Waals surface area contributed by atoms with Crippen molar-refractivity contribution < 1.29 is 0 Å². The zero-order valence-corrected chi connectivity index (χ0v) is 21.6. The van der Waals surface area contributed by atoms with Crippen molar-refractivity contribution in [2.75, 3.05) is 12.8 Å². The first-order valence-corrected chi connectivity index (χ1v) is 14.2. The topological polar surface area (TPSA) is 0 Å². The molecule has 1 aromatic carbocycles. The van der Waals surface area contributed by atoms with Crippen LogP contribution in [-0.4, -0.2) is 12.8 Å². The number of halogens is 1. The van der Waals surface area contributed by atoms with Crippen molar-refractivity contribution in [3.63, 3.8) is 0 Å². The van der Waals surface area contributed by atoms with E-state index in [0.29, 0.717) is 0 Å². The van der Waals surface area contributed by atoms with Gasteiger partial charge in [-0.1, -0.05) is 134 Å². The minimum atomic E-state index is 0. The quantitative estimate of drug-likeness (QED) is 0.139. The predicted octanol–water partition coefficient (Wildman–Crippen LogP) is 10.1. The molecule has 0 saturated carbocycles. The first-order valence-electron chi connectivity index (χ1n) is 12.1. The highest BCUT2D eigenvalue weighted by Gasteiger charge is 2.02. The van der Waals surface area contributed by atoms with Gasteiger partial charge >= 0.3 is 0 Å². The summed E-state index contributed by atoms with van der Waals surface area (Å²) in [7, 11) is 0.200. The smallest absolute Gasteiger partial charge is 0.00756 e. The molecule has 0 aromatic heterocycles. The van der Waals surface area contributed by atoms with Crippen LogP contribution in [0.2, 0.25) is 0 Å². The number of hydrogen-bond acceptors (Lipinski definition) is 0. The van der Waals surface area contributed by atoms with Gasteiger partial charge in [-0.05, 0) is 31.0 Å². The minimum absolute atomic E-state index is 0. The Morgan fingerprint density at radius 3 is 1.39 bits per heavy atom. The van der Waals surface area contributed by atoms with Crippen LogP contribution in [-0.2, 0) is 6.16 Å². The summed E-state index contributed by atoms with van der Waals surface area (Å²) in [6.07, 6.45) is 26.2. The van der Waals surface area contributed by atoms with Gasteiger partial charge < -0.3 is 0 Å². The number of rotatable bonds is 19. The van der Waals surface area contributed by atoms with Crippen LogP contribution in [0.15, 0.2) is 30.3 Å². The van der Waals surface area contributed by atoms with E-state index in [-0.39, 0.29) is 24.9 Å². The molecule has 1 aromatic rings. The van der Waals surface area contributed by atoms with E-state index < -0.39 is 0 Å². The molecule has 1 unspecified atom stereocenters. The van der Waals surface area contributed by atoms with Gasteiger partial charge in [0.05, 0.1) is 0 Å². The van der Waals surface area contributed by atoms with Crippen molar-refractivity contribution in [3.8, 4) is 0 Å². The SMILES string of the molecule is Br.CCCCCCCCCCCCCCCCCCP(C)Cc1ccccc1. The Morgan fingerprint density at radius 1 is 0.571 bits per heavy atom. The van der Waals surface area contributed by atoms with Crippen LogP contribution in [0, 0.1) is 0 Å². The Kier molecular flexibility index (Phi) is 21.9. The van der Waals surface area contributed by atoms with E-state index in [1.165, 1.54) is 121 Å². The fraction of sp³-hybridized carbons (Fsp3) is 0.769. The van der Waals surface area contributed by atoms with E-state index in [1.807, 2.05) is 0 Å². The van der Waals surface area contributed by atoms with Crippen LogP contribution in [0.5, 0.6) is 0 Å². The second-order valence-corrected chi connectivity index (χ2v) is 11.0. The molecule has 0 N–H and O–H groups in total. The second-order valence-electron chi connectivity index (χ2n) is 8.53. The molecule has 0 amide bonds. The fourth-order valence-electron chi connectivity index (χ4n) is 3.90. The monoisotopic (exact) mass is 470 g/mol. The van der Waals surface area contributed by atoms with Crippen LogP contribution >= 0.6 is 24.9 Å². The van der Waals surface area contributed by atoms with Gasteiger partial charge in [0, 0.05) is 0 Å². The number of hydrogen-bond donors (Lipinski definition) is 0. The molecule has 0 spiro atoms. The maximum Gasteiger partial charge on any atom is -0.00756 e. The molecule has 1 rings (SSSR count). The molecule has 28 heavy (non-hydrogen) atoms. The summed E-state index contributed by atoms with van der Waals surface area (Å²) in [5, 5.41) is 0. The highest BCUT2D eigenvalue weighted by Crippen LogP contribution is 2.36. The molecule has 0 saturated heterocycles. The highest BCUT2D eigenvalue weighted by molar-refractivity contribution is 8.93. The zero-order valence-electron chi connectivity index (χ0n) is 19.0. The third-order valence-corrected chi connectivity index (χ3v) is 7.67. The lowest BCUT2D eigenvalue weighted by atomic mass is 10.0. The molecule has 0 nitrogen and oxygen atoms in total. The van der Waals surface area contributed by atoms with Gasteiger partial charge in [0.1, 0.15) is 0 Å². The summed E-state index contributed by atoms with van der Waals surface area (Å²) in [5.41, 5.74) is 1.53. The molecule has 1 atom stereocenters. The molecular formula is C26H48BrP. The Bertz CT molecular complexity index is 406. The second kappa shape index (κ2) is 21.8. The average molecular weight is 472 g/mol. The maximum absolute atomic E-state index is 2.48. The molecule has 0 radical (unpaired) electrons. The maximum atomic E-state index is 2.48. The Balaban J connectivity index is 0.00000729. The summed E-state index contributed by atoms with van der Waals surface area (Å²) in [6.45, 7) is 4.78. The first kappa shape index (κ1) is 28.1. The molecule has 2 heteroatoms. The van der Waals surface area contributed by atoms with Gasteiger partial charge in [-0.25, -0.2) is 0 Å². The summed E-state index contributed by atoms with van der Waals surface area (Å²) >= 11 is 0. The largest absolute Gasteiger partial charge is 0.114 e. The van der Waals surface area contributed by atoms with Gasteiger partial charge in [-0.2, -0.15) is 0 Å². The number of benzene rings is 1. The average Bonchev–Trinajstić information content (AvgIpc) is 2.68. The van der Waals surface area contributed by atoms with E-state index in [9.17, 15) is 0 Å². The van der Waals surface area contributed by atoms with E-state index >= 15 is 0 Å². The Hall–Kier alpha value is 0.130. The lowest BCUT2D eigenvalue weighted by molar-refractivity contribution is 0.531. The molecule has 164 valence electrons. The summed E-state index contributed by atoms with van der Waals surface area (Å²) in [4.78, 5) is 0. The zero-order chi connectivity index (χ0) is 19.4. The van der Waals surface area contributed by atoms with Crippen LogP contribution < -0.4 is 0 Å². The van der Waals surface area contributed by atoms with Gasteiger partial charge in [-0.3, -0.25) is 0 Å². The summed E-state index contributed by atoms with van der Waals surface area (Å²) < 4.78 is 0. The van der Waals surface area contributed by atoms with Crippen molar-refractivity contribution >= 4 is 24.9 Å². The van der Waals surface area contributed by atoms with Crippen LogP contribution in [0.25, 0.3) is 0 Å². The van der Waals surface area contributed by atoms with Crippen molar-refractivity contribution in [2.24, 2.45) is 0 Å². The lowest BCUT2D eigenvalue weighted by Gasteiger charge is -2.12. The minimum Gasteiger partial charge on any atom is -0.114 e. The first-order chi connectivity index (χ1) is 13.3. The van der Waals surface area contributed by atoms with Crippen LogP contribution in [0.3, 0.4) is 0 Å². The predicted molar refractivity (Wildman–Crippen MR) is 138 cm³/mol. The standard InChI is InChI=1S/C26H47P.BrH/c1-3-4-5-6-7-8-9-10-11-12-13-14-15-16-17-21-24-27(2)25-26-22-19-18-20-23-26;/h18-20,22-23H,3-17,21,24-25H2,1-2H3;1H. The van der Waals surface area contributed by atoms with Gasteiger partial charge in [-0.15, -0.1) is 24.9 Å². The van der Waals surface area contributed by atoms with Crippen molar-refractivity contribution in [1.82, 2.24) is 0 Å². The van der Waals surface area contributed by atoms with Gasteiger partial charge in [0.25, 0.3) is 0 Å². The van der Waals surface area contributed by atoms with Gasteiger partial charge in [0.2, 0.25) is 0 Å². The summed E-state index contributed by atoms with van der Waals surface area (Å²) in [6, 6.07) is 11.0. The van der Waals surface area contributed by atoms with E-state index in [0.717, 1.165) is 0 Å². The van der Waals surface area contributed by atoms with E-state index in [2.05, 4.69) is 43.9 Å². The third kappa shape index (κ3) is 18.2. The van der Waals surface area contributed by atoms with Crippen molar-refractivity contribution in [2.45, 2.75) is 116 Å². The van der Waals surface area contributed by atoms with Gasteiger partial charge in [0.15, 0.2) is 0 Å². The fourth-order valence-corrected chi connectivity index (χ4v) is 5.66. The molecule has 0 bridgehead atoms. The number of unbranched alkanes of at least 4 members (excludes halogenated alkanes) is 15.